The van der Waals surface area contributed by atoms with Gasteiger partial charge < -0.3 is 20.1 Å². The zero-order chi connectivity index (χ0) is 23.9. The Balaban J connectivity index is 1.79. The molecule has 0 spiro atoms. The average Bonchev–Trinajstić information content (AvgIpc) is 3.05. The molecular weight excluding hydrogens is 425 g/mol. The molecule has 1 aromatic carbocycles. The molecule has 2 aliphatic rings. The van der Waals surface area contributed by atoms with Gasteiger partial charge in [0.2, 0.25) is 0 Å². The van der Waals surface area contributed by atoms with Crippen LogP contribution in [-0.2, 0) is 9.53 Å². The number of carbonyl (C=O) groups is 1. The number of hydrogen-bond acceptors (Lipinski definition) is 5. The number of cyclic esters (lactones) is 1. The maximum absolute atomic E-state index is 14.0. The van der Waals surface area contributed by atoms with Crippen molar-refractivity contribution in [3.05, 3.63) is 65.0 Å². The number of nitrogens with zero attached hydrogens (tertiary/aromatic N) is 1. The smallest absolute Gasteiger partial charge is 0.309 e. The van der Waals surface area contributed by atoms with E-state index < -0.39 is 18.2 Å². The van der Waals surface area contributed by atoms with Crippen molar-refractivity contribution in [3.63, 3.8) is 0 Å². The third kappa shape index (κ3) is 4.69. The fourth-order valence-electron chi connectivity index (χ4n) is 5.07. The van der Waals surface area contributed by atoms with E-state index in [4.69, 9.17) is 4.74 Å². The highest BCUT2D eigenvalue weighted by Gasteiger charge is 2.37. The molecule has 0 bridgehead atoms. The topological polar surface area (TPSA) is 91.9 Å². The van der Waals surface area contributed by atoms with Gasteiger partial charge in [-0.05, 0) is 65.7 Å². The van der Waals surface area contributed by atoms with Gasteiger partial charge in [-0.2, -0.15) is 0 Å². The molecule has 3 N–H and O–H groups in total. The first-order valence-corrected chi connectivity index (χ1v) is 11.2. The number of aromatic hydroxyl groups is 2. The summed E-state index contributed by atoms with van der Waals surface area (Å²) in [4.78, 5) is 11.7. The standard InChI is InChI=1S/C26H30FNO5/c1-15-10-16(4-7-22(15)27)20-11-17(28-23(30)8-9-24(28)31)14-26(2,3)21(20)6-5-19-12-18(29)13-25(32)33-19/h4-10,17-19,29-31H,11-14H2,1-3H3/t17?,18-,19-/m1/s1. The first-order valence-electron chi connectivity index (χ1n) is 11.2. The van der Waals surface area contributed by atoms with Gasteiger partial charge in [0.15, 0.2) is 11.8 Å². The fourth-order valence-corrected chi connectivity index (χ4v) is 5.07. The second kappa shape index (κ2) is 8.71. The van der Waals surface area contributed by atoms with Gasteiger partial charge in [-0.25, -0.2) is 4.39 Å². The number of esters is 1. The Kier molecular flexibility index (Phi) is 6.10. The van der Waals surface area contributed by atoms with E-state index in [1.54, 1.807) is 25.1 Å². The Bertz CT molecular complexity index is 1110. The van der Waals surface area contributed by atoms with Crippen molar-refractivity contribution >= 4 is 11.5 Å². The number of ether oxygens (including phenoxy) is 1. The Hall–Kier alpha value is -3.06. The van der Waals surface area contributed by atoms with Crippen LogP contribution in [0.4, 0.5) is 4.39 Å². The predicted molar refractivity (Wildman–Crippen MR) is 122 cm³/mol. The van der Waals surface area contributed by atoms with Crippen LogP contribution < -0.4 is 0 Å². The first kappa shape index (κ1) is 23.1. The molecule has 1 aromatic heterocycles. The summed E-state index contributed by atoms with van der Waals surface area (Å²) in [6.45, 7) is 5.87. The number of rotatable bonds is 4. The lowest BCUT2D eigenvalue weighted by atomic mass is 9.68. The predicted octanol–water partition coefficient (Wildman–Crippen LogP) is 4.78. The third-order valence-corrected chi connectivity index (χ3v) is 6.65. The molecule has 4 rings (SSSR count). The maximum Gasteiger partial charge on any atom is 0.309 e. The minimum absolute atomic E-state index is 0.00414. The van der Waals surface area contributed by atoms with Crippen molar-refractivity contribution < 1.29 is 29.2 Å². The molecule has 1 aliphatic carbocycles. The van der Waals surface area contributed by atoms with Crippen LogP contribution in [0.1, 0.15) is 56.7 Å². The molecule has 176 valence electrons. The quantitative estimate of drug-likeness (QED) is 0.577. The highest BCUT2D eigenvalue weighted by molar-refractivity contribution is 5.74. The lowest BCUT2D eigenvalue weighted by Gasteiger charge is -2.40. The molecule has 1 unspecified atom stereocenters. The summed E-state index contributed by atoms with van der Waals surface area (Å²) in [5.41, 5.74) is 2.98. The zero-order valence-corrected chi connectivity index (χ0v) is 19.1. The summed E-state index contributed by atoms with van der Waals surface area (Å²) < 4.78 is 20.9. The minimum atomic E-state index is -0.725. The van der Waals surface area contributed by atoms with Crippen molar-refractivity contribution in [2.75, 3.05) is 0 Å². The van der Waals surface area contributed by atoms with E-state index in [1.165, 1.54) is 22.8 Å². The monoisotopic (exact) mass is 455 g/mol. The van der Waals surface area contributed by atoms with Crippen LogP contribution in [0.25, 0.3) is 5.57 Å². The third-order valence-electron chi connectivity index (χ3n) is 6.65. The molecule has 1 saturated heterocycles. The van der Waals surface area contributed by atoms with Crippen LogP contribution in [0.5, 0.6) is 11.8 Å². The Morgan fingerprint density at radius 2 is 1.85 bits per heavy atom. The summed E-state index contributed by atoms with van der Waals surface area (Å²) in [6.07, 6.45) is 4.00. The largest absolute Gasteiger partial charge is 0.494 e. The lowest BCUT2D eigenvalue weighted by molar-refractivity contribution is -0.156. The molecule has 1 aliphatic heterocycles. The van der Waals surface area contributed by atoms with Crippen LogP contribution in [0.3, 0.4) is 0 Å². The van der Waals surface area contributed by atoms with Crippen molar-refractivity contribution in [1.82, 2.24) is 4.57 Å². The van der Waals surface area contributed by atoms with E-state index in [1.807, 2.05) is 6.08 Å². The highest BCUT2D eigenvalue weighted by atomic mass is 19.1. The zero-order valence-electron chi connectivity index (χ0n) is 19.1. The first-order chi connectivity index (χ1) is 15.5. The lowest BCUT2D eigenvalue weighted by Crippen LogP contribution is -2.31. The van der Waals surface area contributed by atoms with E-state index in [2.05, 4.69) is 13.8 Å². The SMILES string of the molecule is Cc1cc(C2=C(C=C[C@@H]3C[C@@H](O)CC(=O)O3)C(C)(C)CC(n3c(O)ccc3O)C2)ccc1F. The number of carbonyl (C=O) groups excluding carboxylic acids is 1. The van der Waals surface area contributed by atoms with Gasteiger partial charge in [0.25, 0.3) is 0 Å². The van der Waals surface area contributed by atoms with Crippen molar-refractivity contribution in [1.29, 1.82) is 0 Å². The molecule has 0 saturated carbocycles. The number of benzene rings is 1. The van der Waals surface area contributed by atoms with Crippen LogP contribution >= 0.6 is 0 Å². The van der Waals surface area contributed by atoms with Gasteiger partial charge in [0.1, 0.15) is 11.9 Å². The summed E-state index contributed by atoms with van der Waals surface area (Å²) in [5.74, 6) is -0.727. The molecule has 6 nitrogen and oxygen atoms in total. The molecule has 0 amide bonds. The van der Waals surface area contributed by atoms with Gasteiger partial charge >= 0.3 is 5.97 Å². The number of hydrogen-bond donors (Lipinski definition) is 3. The summed E-state index contributed by atoms with van der Waals surface area (Å²) in [7, 11) is 0. The molecule has 1 fully saturated rings. The minimum Gasteiger partial charge on any atom is -0.494 e. The van der Waals surface area contributed by atoms with E-state index in [9.17, 15) is 24.5 Å². The average molecular weight is 456 g/mol. The van der Waals surface area contributed by atoms with Crippen molar-refractivity contribution in [3.8, 4) is 11.8 Å². The molecule has 33 heavy (non-hydrogen) atoms. The molecule has 0 radical (unpaired) electrons. The van der Waals surface area contributed by atoms with Gasteiger partial charge in [-0.3, -0.25) is 9.36 Å². The van der Waals surface area contributed by atoms with Gasteiger partial charge in [0.05, 0.1) is 12.5 Å². The Labute approximate surface area is 192 Å². The highest BCUT2D eigenvalue weighted by Crippen LogP contribution is 2.50. The van der Waals surface area contributed by atoms with E-state index in [-0.39, 0.29) is 35.5 Å². The number of aliphatic hydroxyl groups excluding tert-OH is 1. The normalized spacial score (nSPS) is 25.5. The summed E-state index contributed by atoms with van der Waals surface area (Å²) in [5, 5.41) is 30.6. The number of halogens is 1. The molecule has 2 heterocycles. The second-order valence-electron chi connectivity index (χ2n) is 9.70. The van der Waals surface area contributed by atoms with Crippen molar-refractivity contribution in [2.24, 2.45) is 5.41 Å². The number of aliphatic hydroxyl groups is 1. The summed E-state index contributed by atoms with van der Waals surface area (Å²) >= 11 is 0. The van der Waals surface area contributed by atoms with Crippen LogP contribution in [0, 0.1) is 18.2 Å². The number of aryl methyl sites for hydroxylation is 1. The van der Waals surface area contributed by atoms with Crippen molar-refractivity contribution in [2.45, 2.75) is 64.7 Å². The Morgan fingerprint density at radius 3 is 2.48 bits per heavy atom. The molecule has 7 heteroatoms. The molecular formula is C26H30FNO5. The van der Waals surface area contributed by atoms with E-state index >= 15 is 0 Å². The summed E-state index contributed by atoms with van der Waals surface area (Å²) in [6, 6.07) is 7.71. The fraction of sp³-hybridized carbons (Fsp3) is 0.423. The van der Waals surface area contributed by atoms with Crippen LogP contribution in [0.2, 0.25) is 0 Å². The van der Waals surface area contributed by atoms with Gasteiger partial charge in [-0.1, -0.05) is 26.0 Å². The Morgan fingerprint density at radius 1 is 1.15 bits per heavy atom. The van der Waals surface area contributed by atoms with Crippen LogP contribution in [0.15, 0.2) is 48.1 Å². The maximum atomic E-state index is 14.0. The van der Waals surface area contributed by atoms with E-state index in [0.29, 0.717) is 24.8 Å². The van der Waals surface area contributed by atoms with Gasteiger partial charge in [0, 0.05) is 24.6 Å². The van der Waals surface area contributed by atoms with E-state index in [0.717, 1.165) is 16.7 Å². The van der Waals surface area contributed by atoms with Crippen LogP contribution in [-0.4, -0.2) is 38.1 Å². The van der Waals surface area contributed by atoms with Gasteiger partial charge in [-0.15, -0.1) is 0 Å². The number of aromatic nitrogens is 1. The molecule has 2 aromatic rings. The number of allylic oxidation sites excluding steroid dienone is 3. The molecule has 3 atom stereocenters. The second-order valence-corrected chi connectivity index (χ2v) is 9.70.